The minimum atomic E-state index is 0.722. The molecule has 1 fully saturated rings. The molecule has 3 N–H and O–H groups in total. The lowest BCUT2D eigenvalue weighted by Gasteiger charge is -2.23. The summed E-state index contributed by atoms with van der Waals surface area (Å²) in [6.07, 6.45) is 3.86. The number of hydrogen-bond donors (Lipinski definition) is 2. The molecule has 2 rings (SSSR count). The Kier molecular flexibility index (Phi) is 3.69. The van der Waals surface area contributed by atoms with Gasteiger partial charge in [0.2, 0.25) is 0 Å². The number of hydrogen-bond acceptors (Lipinski definition) is 4. The van der Waals surface area contributed by atoms with Crippen molar-refractivity contribution in [3.8, 4) is 0 Å². The molecule has 0 bridgehead atoms. The summed E-state index contributed by atoms with van der Waals surface area (Å²) >= 11 is 0. The largest absolute Gasteiger partial charge is 0.308 e. The molecule has 1 aliphatic rings. The van der Waals surface area contributed by atoms with Gasteiger partial charge in [0.15, 0.2) is 0 Å². The Balaban J connectivity index is 2.17. The number of nitrogen functional groups attached to an aromatic ring is 1. The first-order valence-corrected chi connectivity index (χ1v) is 6.40. The molecule has 1 unspecified atom stereocenters. The number of likely N-dealkylation sites (tertiary alicyclic amines) is 1. The number of nitrogens with two attached hydrogens (primary N) is 1. The van der Waals surface area contributed by atoms with E-state index in [2.05, 4.69) is 22.3 Å². The van der Waals surface area contributed by atoms with Gasteiger partial charge >= 0.3 is 0 Å². The van der Waals surface area contributed by atoms with Gasteiger partial charge in [-0.3, -0.25) is 9.58 Å². The predicted molar refractivity (Wildman–Crippen MR) is 69.5 cm³/mol. The van der Waals surface area contributed by atoms with Crippen molar-refractivity contribution in [3.63, 3.8) is 0 Å². The Labute approximate surface area is 103 Å². The molecular weight excluding hydrogens is 214 g/mol. The van der Waals surface area contributed by atoms with Gasteiger partial charge in [-0.25, -0.2) is 5.84 Å². The zero-order chi connectivity index (χ0) is 12.4. The molecule has 0 spiro atoms. The van der Waals surface area contributed by atoms with E-state index >= 15 is 0 Å². The van der Waals surface area contributed by atoms with Crippen molar-refractivity contribution in [2.45, 2.75) is 45.7 Å². The Hall–Kier alpha value is -1.07. The van der Waals surface area contributed by atoms with Crippen LogP contribution in [0.5, 0.6) is 0 Å². The van der Waals surface area contributed by atoms with Crippen molar-refractivity contribution in [3.05, 3.63) is 11.3 Å². The van der Waals surface area contributed by atoms with E-state index in [-0.39, 0.29) is 0 Å². The number of anilines is 1. The van der Waals surface area contributed by atoms with Gasteiger partial charge < -0.3 is 5.43 Å². The monoisotopic (exact) mass is 237 g/mol. The molecule has 0 aromatic carbocycles. The summed E-state index contributed by atoms with van der Waals surface area (Å²) in [5.74, 6) is 6.51. The highest BCUT2D eigenvalue weighted by molar-refractivity contribution is 5.46. The average Bonchev–Trinajstić information content (AvgIpc) is 2.85. The van der Waals surface area contributed by atoms with Crippen LogP contribution in [0.2, 0.25) is 0 Å². The van der Waals surface area contributed by atoms with Gasteiger partial charge in [0.05, 0.1) is 5.69 Å². The van der Waals surface area contributed by atoms with Gasteiger partial charge in [-0.2, -0.15) is 5.10 Å². The number of nitrogens with one attached hydrogen (secondary N) is 1. The molecule has 1 aromatic rings. The van der Waals surface area contributed by atoms with Crippen LogP contribution < -0.4 is 11.3 Å². The standard InChI is InChI=1S/C12H23N5/c1-4-10-6-5-7-17(10)8-11-9(2)15-16(3)12(11)14-13/h10,14H,4-8,13H2,1-3H3. The second-order valence-corrected chi connectivity index (χ2v) is 4.86. The molecule has 0 radical (unpaired) electrons. The molecule has 96 valence electrons. The summed E-state index contributed by atoms with van der Waals surface area (Å²) in [4.78, 5) is 2.55. The summed E-state index contributed by atoms with van der Waals surface area (Å²) in [5, 5.41) is 4.42. The lowest BCUT2D eigenvalue weighted by molar-refractivity contribution is 0.240. The number of aryl methyl sites for hydroxylation is 2. The van der Waals surface area contributed by atoms with Gasteiger partial charge in [-0.05, 0) is 32.7 Å². The maximum absolute atomic E-state index is 5.58. The van der Waals surface area contributed by atoms with Gasteiger partial charge in [0.1, 0.15) is 5.82 Å². The molecule has 2 heterocycles. The summed E-state index contributed by atoms with van der Waals surface area (Å²) in [7, 11) is 1.92. The quantitative estimate of drug-likeness (QED) is 0.613. The zero-order valence-corrected chi connectivity index (χ0v) is 11.0. The van der Waals surface area contributed by atoms with E-state index in [9.17, 15) is 0 Å². The number of nitrogens with zero attached hydrogens (tertiary/aromatic N) is 3. The molecule has 0 saturated carbocycles. The first-order chi connectivity index (χ1) is 8.17. The molecule has 1 aliphatic heterocycles. The first-order valence-electron chi connectivity index (χ1n) is 6.40. The third-order valence-corrected chi connectivity index (χ3v) is 3.81. The van der Waals surface area contributed by atoms with E-state index in [0.717, 1.165) is 24.1 Å². The molecule has 17 heavy (non-hydrogen) atoms. The van der Waals surface area contributed by atoms with E-state index in [1.165, 1.54) is 31.4 Å². The van der Waals surface area contributed by atoms with Crippen molar-refractivity contribution in [1.82, 2.24) is 14.7 Å². The van der Waals surface area contributed by atoms with E-state index < -0.39 is 0 Å². The SMILES string of the molecule is CCC1CCCN1Cc1c(C)nn(C)c1NN. The van der Waals surface area contributed by atoms with Crippen LogP contribution in [-0.4, -0.2) is 27.3 Å². The predicted octanol–water partition coefficient (Wildman–Crippen LogP) is 1.39. The minimum absolute atomic E-state index is 0.722. The van der Waals surface area contributed by atoms with Gasteiger partial charge in [0, 0.05) is 25.2 Å². The normalized spacial score (nSPS) is 21.1. The topological polar surface area (TPSA) is 59.1 Å². The second-order valence-electron chi connectivity index (χ2n) is 4.86. The fourth-order valence-electron chi connectivity index (χ4n) is 2.84. The van der Waals surface area contributed by atoms with Gasteiger partial charge in [-0.1, -0.05) is 6.92 Å². The van der Waals surface area contributed by atoms with Crippen LogP contribution in [0.25, 0.3) is 0 Å². The van der Waals surface area contributed by atoms with Crippen LogP contribution in [0.3, 0.4) is 0 Å². The highest BCUT2D eigenvalue weighted by Crippen LogP contribution is 2.26. The Morgan fingerprint density at radius 2 is 2.29 bits per heavy atom. The third-order valence-electron chi connectivity index (χ3n) is 3.81. The fraction of sp³-hybridized carbons (Fsp3) is 0.750. The van der Waals surface area contributed by atoms with Crippen LogP contribution >= 0.6 is 0 Å². The molecule has 0 aliphatic carbocycles. The van der Waals surface area contributed by atoms with Gasteiger partial charge in [-0.15, -0.1) is 0 Å². The highest BCUT2D eigenvalue weighted by atomic mass is 15.4. The van der Waals surface area contributed by atoms with Crippen LogP contribution in [0.1, 0.15) is 37.4 Å². The molecule has 5 nitrogen and oxygen atoms in total. The van der Waals surface area contributed by atoms with Crippen molar-refractivity contribution < 1.29 is 0 Å². The van der Waals surface area contributed by atoms with Gasteiger partial charge in [0.25, 0.3) is 0 Å². The summed E-state index contributed by atoms with van der Waals surface area (Å²) in [6, 6.07) is 0.722. The summed E-state index contributed by atoms with van der Waals surface area (Å²) < 4.78 is 1.82. The maximum Gasteiger partial charge on any atom is 0.142 e. The molecule has 0 amide bonds. The molecule has 1 aromatic heterocycles. The minimum Gasteiger partial charge on any atom is -0.308 e. The Morgan fingerprint density at radius 3 is 2.94 bits per heavy atom. The summed E-state index contributed by atoms with van der Waals surface area (Å²) in [5.41, 5.74) is 5.07. The Bertz CT molecular complexity index is 384. The highest BCUT2D eigenvalue weighted by Gasteiger charge is 2.25. The van der Waals surface area contributed by atoms with Crippen molar-refractivity contribution >= 4 is 5.82 Å². The molecule has 1 saturated heterocycles. The van der Waals surface area contributed by atoms with Crippen molar-refractivity contribution in [2.75, 3.05) is 12.0 Å². The van der Waals surface area contributed by atoms with Crippen LogP contribution in [0.4, 0.5) is 5.82 Å². The Morgan fingerprint density at radius 1 is 1.53 bits per heavy atom. The van der Waals surface area contributed by atoms with Crippen molar-refractivity contribution in [2.24, 2.45) is 12.9 Å². The van der Waals surface area contributed by atoms with Crippen molar-refractivity contribution in [1.29, 1.82) is 0 Å². The number of hydrazine groups is 1. The van der Waals surface area contributed by atoms with E-state index in [1.54, 1.807) is 0 Å². The lowest BCUT2D eigenvalue weighted by Crippen LogP contribution is -2.29. The smallest absolute Gasteiger partial charge is 0.142 e. The molecule has 1 atom stereocenters. The second kappa shape index (κ2) is 5.06. The van der Waals surface area contributed by atoms with E-state index in [1.807, 2.05) is 18.7 Å². The fourth-order valence-corrected chi connectivity index (χ4v) is 2.84. The molecular formula is C12H23N5. The van der Waals surface area contributed by atoms with Crippen LogP contribution in [-0.2, 0) is 13.6 Å². The average molecular weight is 237 g/mol. The lowest BCUT2D eigenvalue weighted by atomic mass is 10.1. The third kappa shape index (κ3) is 2.30. The number of rotatable bonds is 4. The first kappa shape index (κ1) is 12.4. The maximum atomic E-state index is 5.58. The molecule has 5 heteroatoms. The van der Waals surface area contributed by atoms with Crippen LogP contribution in [0.15, 0.2) is 0 Å². The van der Waals surface area contributed by atoms with E-state index in [0.29, 0.717) is 0 Å². The van der Waals surface area contributed by atoms with E-state index in [4.69, 9.17) is 5.84 Å². The van der Waals surface area contributed by atoms with Crippen LogP contribution in [0, 0.1) is 6.92 Å². The zero-order valence-electron chi connectivity index (χ0n) is 11.0. The summed E-state index contributed by atoms with van der Waals surface area (Å²) in [6.45, 7) is 6.46. The number of aromatic nitrogens is 2.